The Kier molecular flexibility index (Phi) is 2.87. The molecular formula is C7H11ClN2O3S. The average Bonchev–Trinajstić information content (AvgIpc) is 2.29. The molecule has 0 aliphatic carbocycles. The number of aromatic nitrogens is 2. The summed E-state index contributed by atoms with van der Waals surface area (Å²) < 4.78 is 26.3. The zero-order valence-corrected chi connectivity index (χ0v) is 9.68. The van der Waals surface area contributed by atoms with Crippen LogP contribution in [0.4, 0.5) is 0 Å². The van der Waals surface area contributed by atoms with E-state index in [2.05, 4.69) is 10.1 Å². The minimum absolute atomic E-state index is 0.0879. The highest BCUT2D eigenvalue weighted by Crippen LogP contribution is 2.20. The number of hydrogen-bond donors (Lipinski definition) is 0. The molecule has 0 saturated carbocycles. The molecule has 0 spiro atoms. The molecule has 0 bridgehead atoms. The van der Waals surface area contributed by atoms with Crippen LogP contribution in [-0.4, -0.2) is 18.6 Å². The first-order valence-electron chi connectivity index (χ1n) is 3.94. The second kappa shape index (κ2) is 3.51. The highest BCUT2D eigenvalue weighted by Gasteiger charge is 2.23. The Labute approximate surface area is 86.9 Å². The van der Waals surface area contributed by atoms with E-state index in [1.807, 2.05) is 20.8 Å². The van der Waals surface area contributed by atoms with E-state index in [9.17, 15) is 8.42 Å². The maximum atomic E-state index is 10.7. The Bertz CT molecular complexity index is 418. The van der Waals surface area contributed by atoms with E-state index in [0.717, 1.165) is 0 Å². The van der Waals surface area contributed by atoms with Gasteiger partial charge in [-0.25, -0.2) is 8.42 Å². The Hall–Kier alpha value is -0.620. The smallest absolute Gasteiger partial charge is 0.240 e. The Morgan fingerprint density at radius 3 is 2.36 bits per heavy atom. The summed E-state index contributed by atoms with van der Waals surface area (Å²) in [7, 11) is 1.42. The van der Waals surface area contributed by atoms with Crippen LogP contribution in [0.5, 0.6) is 0 Å². The number of nitrogens with zero attached hydrogens (tertiary/aromatic N) is 2. The lowest BCUT2D eigenvalue weighted by Gasteiger charge is -2.10. The summed E-state index contributed by atoms with van der Waals surface area (Å²) in [5, 5.41) is 3.52. The predicted octanol–water partition coefficient (Wildman–Crippen LogP) is 1.44. The van der Waals surface area contributed by atoms with E-state index in [0.29, 0.717) is 5.89 Å². The molecule has 0 radical (unpaired) electrons. The molecule has 80 valence electrons. The zero-order chi connectivity index (χ0) is 11.0. The minimum Gasteiger partial charge on any atom is -0.339 e. The van der Waals surface area contributed by atoms with Crippen LogP contribution in [-0.2, 0) is 20.2 Å². The fourth-order valence-electron chi connectivity index (χ4n) is 0.771. The van der Waals surface area contributed by atoms with E-state index in [1.165, 1.54) is 0 Å². The van der Waals surface area contributed by atoms with Crippen molar-refractivity contribution in [2.45, 2.75) is 31.9 Å². The quantitative estimate of drug-likeness (QED) is 0.729. The molecule has 1 aromatic heterocycles. The lowest BCUT2D eigenvalue weighted by molar-refractivity contribution is 0.319. The molecule has 0 aliphatic heterocycles. The zero-order valence-electron chi connectivity index (χ0n) is 8.11. The van der Waals surface area contributed by atoms with Crippen LogP contribution in [0.3, 0.4) is 0 Å². The fraction of sp³-hybridized carbons (Fsp3) is 0.714. The van der Waals surface area contributed by atoms with Crippen LogP contribution < -0.4 is 0 Å². The standard InChI is InChI=1S/C7H11ClN2O3S/c1-7(2,3)6-9-5(10-13-6)4-14(8,11)12/h4H2,1-3H3. The summed E-state index contributed by atoms with van der Waals surface area (Å²) in [6, 6.07) is 0. The molecule has 0 atom stereocenters. The largest absolute Gasteiger partial charge is 0.339 e. The minimum atomic E-state index is -3.62. The maximum absolute atomic E-state index is 10.7. The lowest BCUT2D eigenvalue weighted by Crippen LogP contribution is -2.11. The summed E-state index contributed by atoms with van der Waals surface area (Å²) in [5.74, 6) is 0.0754. The number of hydrogen-bond acceptors (Lipinski definition) is 5. The molecule has 0 saturated heterocycles. The molecule has 1 rings (SSSR count). The summed E-state index contributed by atoms with van der Waals surface area (Å²) >= 11 is 0. The van der Waals surface area contributed by atoms with Crippen LogP contribution in [0.15, 0.2) is 4.52 Å². The van der Waals surface area contributed by atoms with Crippen molar-refractivity contribution in [3.05, 3.63) is 11.7 Å². The molecule has 0 aromatic carbocycles. The van der Waals surface area contributed by atoms with E-state index >= 15 is 0 Å². The van der Waals surface area contributed by atoms with Crippen molar-refractivity contribution >= 4 is 19.7 Å². The molecule has 7 heteroatoms. The van der Waals surface area contributed by atoms with Gasteiger partial charge in [-0.15, -0.1) is 0 Å². The third-order valence-electron chi connectivity index (χ3n) is 1.41. The second-order valence-electron chi connectivity index (χ2n) is 3.95. The highest BCUT2D eigenvalue weighted by molar-refractivity contribution is 8.13. The number of rotatable bonds is 2. The normalized spacial score (nSPS) is 13.1. The van der Waals surface area contributed by atoms with Crippen LogP contribution in [0.25, 0.3) is 0 Å². The van der Waals surface area contributed by atoms with Gasteiger partial charge in [-0.1, -0.05) is 25.9 Å². The van der Waals surface area contributed by atoms with Crippen molar-refractivity contribution in [1.29, 1.82) is 0 Å². The fourth-order valence-corrected chi connectivity index (χ4v) is 1.49. The third kappa shape index (κ3) is 3.26. The monoisotopic (exact) mass is 238 g/mol. The van der Waals surface area contributed by atoms with Gasteiger partial charge in [0.15, 0.2) is 5.82 Å². The van der Waals surface area contributed by atoms with Gasteiger partial charge in [0.25, 0.3) is 0 Å². The van der Waals surface area contributed by atoms with Crippen LogP contribution >= 0.6 is 10.7 Å². The van der Waals surface area contributed by atoms with Crippen molar-refractivity contribution in [2.75, 3.05) is 0 Å². The molecule has 14 heavy (non-hydrogen) atoms. The van der Waals surface area contributed by atoms with Gasteiger partial charge < -0.3 is 4.52 Å². The molecule has 1 heterocycles. The van der Waals surface area contributed by atoms with Crippen molar-refractivity contribution < 1.29 is 12.9 Å². The van der Waals surface area contributed by atoms with Gasteiger partial charge in [0, 0.05) is 16.1 Å². The topological polar surface area (TPSA) is 73.1 Å². The molecular weight excluding hydrogens is 228 g/mol. The molecule has 5 nitrogen and oxygen atoms in total. The molecule has 0 N–H and O–H groups in total. The molecule has 0 fully saturated rings. The van der Waals surface area contributed by atoms with Gasteiger partial charge in [-0.2, -0.15) is 4.98 Å². The van der Waals surface area contributed by atoms with Gasteiger partial charge in [-0.3, -0.25) is 0 Å². The van der Waals surface area contributed by atoms with Crippen molar-refractivity contribution in [2.24, 2.45) is 0 Å². The first-order chi connectivity index (χ1) is 6.18. The molecule has 1 aromatic rings. The summed E-state index contributed by atoms with van der Waals surface area (Å²) in [6.45, 7) is 5.67. The van der Waals surface area contributed by atoms with Gasteiger partial charge in [0.05, 0.1) is 0 Å². The van der Waals surface area contributed by atoms with Gasteiger partial charge in [0.2, 0.25) is 14.9 Å². The summed E-state index contributed by atoms with van der Waals surface area (Å²) in [5.41, 5.74) is -0.290. The number of halogens is 1. The SMILES string of the molecule is CC(C)(C)c1nc(CS(=O)(=O)Cl)no1. The Balaban J connectivity index is 2.90. The second-order valence-corrected chi connectivity index (χ2v) is 6.73. The van der Waals surface area contributed by atoms with Gasteiger partial charge >= 0.3 is 0 Å². The van der Waals surface area contributed by atoms with Gasteiger partial charge in [0.1, 0.15) is 5.75 Å². The highest BCUT2D eigenvalue weighted by atomic mass is 35.7. The van der Waals surface area contributed by atoms with E-state index in [4.69, 9.17) is 15.2 Å². The lowest BCUT2D eigenvalue weighted by atomic mass is 9.97. The third-order valence-corrected chi connectivity index (χ3v) is 2.34. The first-order valence-corrected chi connectivity index (χ1v) is 6.42. The van der Waals surface area contributed by atoms with E-state index in [1.54, 1.807) is 0 Å². The van der Waals surface area contributed by atoms with Crippen molar-refractivity contribution in [3.63, 3.8) is 0 Å². The van der Waals surface area contributed by atoms with E-state index < -0.39 is 14.8 Å². The predicted molar refractivity (Wildman–Crippen MR) is 51.5 cm³/mol. The first kappa shape index (κ1) is 11.5. The molecule has 0 aliphatic rings. The van der Waals surface area contributed by atoms with Crippen LogP contribution in [0.1, 0.15) is 32.5 Å². The van der Waals surface area contributed by atoms with Crippen molar-refractivity contribution in [1.82, 2.24) is 10.1 Å². The molecule has 0 amide bonds. The molecule has 0 unspecified atom stereocenters. The average molecular weight is 239 g/mol. The van der Waals surface area contributed by atoms with E-state index in [-0.39, 0.29) is 11.2 Å². The summed E-state index contributed by atoms with van der Waals surface area (Å²) in [4.78, 5) is 3.93. The van der Waals surface area contributed by atoms with Gasteiger partial charge in [-0.05, 0) is 0 Å². The Morgan fingerprint density at radius 1 is 1.43 bits per heavy atom. The van der Waals surface area contributed by atoms with Crippen LogP contribution in [0.2, 0.25) is 0 Å². The summed E-state index contributed by atoms with van der Waals surface area (Å²) in [6.07, 6.45) is 0. The van der Waals surface area contributed by atoms with Crippen LogP contribution in [0, 0.1) is 0 Å². The van der Waals surface area contributed by atoms with Crippen molar-refractivity contribution in [3.8, 4) is 0 Å². The maximum Gasteiger partial charge on any atom is 0.240 e. The Morgan fingerprint density at radius 2 is 2.00 bits per heavy atom.